The van der Waals surface area contributed by atoms with Crippen LogP contribution in [-0.4, -0.2) is 31.6 Å². The Labute approximate surface area is 98.8 Å². The quantitative estimate of drug-likeness (QED) is 0.761. The van der Waals surface area contributed by atoms with Crippen LogP contribution in [-0.2, 0) is 16.1 Å². The van der Waals surface area contributed by atoms with Crippen molar-refractivity contribution in [3.05, 3.63) is 34.6 Å². The van der Waals surface area contributed by atoms with Crippen LogP contribution in [0, 0.1) is 5.82 Å². The first-order valence-electron chi connectivity index (χ1n) is 4.72. The van der Waals surface area contributed by atoms with Crippen molar-refractivity contribution in [2.45, 2.75) is 6.54 Å². The lowest BCUT2D eigenvalue weighted by Gasteiger charge is -2.15. The Kier molecular flexibility index (Phi) is 4.71. The molecule has 0 saturated carbocycles. The molecule has 5 heteroatoms. The maximum absolute atomic E-state index is 13.4. The summed E-state index contributed by atoms with van der Waals surface area (Å²) in [4.78, 5) is 12.6. The van der Waals surface area contributed by atoms with Gasteiger partial charge in [-0.2, -0.15) is 0 Å². The molecule has 0 aliphatic carbocycles. The molecule has 0 atom stereocenters. The number of nitrogens with zero attached hydrogens (tertiary/aromatic N) is 1. The highest BCUT2D eigenvalue weighted by Crippen LogP contribution is 2.15. The van der Waals surface area contributed by atoms with Crippen molar-refractivity contribution >= 4 is 17.6 Å². The molecule has 1 aromatic carbocycles. The Bertz CT molecular complexity index is 384. The minimum atomic E-state index is -0.371. The predicted octanol–water partition coefficient (Wildman–Crippen LogP) is 2.08. The molecule has 0 aliphatic rings. The van der Waals surface area contributed by atoms with Crippen molar-refractivity contribution in [2.75, 3.05) is 20.7 Å². The third-order valence-corrected chi connectivity index (χ3v) is 2.32. The maximum Gasteiger partial charge on any atom is 0.319 e. The van der Waals surface area contributed by atoms with Crippen LogP contribution in [0.3, 0.4) is 0 Å². The molecule has 0 unspecified atom stereocenters. The van der Waals surface area contributed by atoms with Crippen LogP contribution in [0.1, 0.15) is 5.56 Å². The number of carbonyl (C=O) groups excluding carboxylic acids is 1. The van der Waals surface area contributed by atoms with Gasteiger partial charge in [-0.05, 0) is 19.2 Å². The van der Waals surface area contributed by atoms with Gasteiger partial charge >= 0.3 is 5.97 Å². The van der Waals surface area contributed by atoms with E-state index in [2.05, 4.69) is 4.74 Å². The van der Waals surface area contributed by atoms with Gasteiger partial charge in [0, 0.05) is 17.1 Å². The summed E-state index contributed by atoms with van der Waals surface area (Å²) in [5, 5.41) is 0.358. The fourth-order valence-corrected chi connectivity index (χ4v) is 1.44. The summed E-state index contributed by atoms with van der Waals surface area (Å²) >= 11 is 5.63. The molecule has 0 heterocycles. The summed E-state index contributed by atoms with van der Waals surface area (Å²) < 4.78 is 17.9. The number of benzene rings is 1. The molecule has 0 N–H and O–H groups in total. The molecule has 0 fully saturated rings. The van der Waals surface area contributed by atoms with Gasteiger partial charge in [-0.25, -0.2) is 4.39 Å². The average molecular weight is 246 g/mol. The number of halogens is 2. The van der Waals surface area contributed by atoms with E-state index in [9.17, 15) is 9.18 Å². The lowest BCUT2D eigenvalue weighted by Crippen LogP contribution is -2.26. The van der Waals surface area contributed by atoms with Crippen LogP contribution in [0.4, 0.5) is 4.39 Å². The van der Waals surface area contributed by atoms with Gasteiger partial charge in [-0.1, -0.05) is 17.7 Å². The van der Waals surface area contributed by atoms with Crippen molar-refractivity contribution in [1.29, 1.82) is 0 Å². The van der Waals surface area contributed by atoms with Gasteiger partial charge in [-0.15, -0.1) is 0 Å². The fraction of sp³-hybridized carbons (Fsp3) is 0.364. The van der Waals surface area contributed by atoms with Crippen molar-refractivity contribution in [2.24, 2.45) is 0 Å². The zero-order valence-corrected chi connectivity index (χ0v) is 9.92. The van der Waals surface area contributed by atoms with Crippen LogP contribution in [0.2, 0.25) is 5.02 Å². The van der Waals surface area contributed by atoms with E-state index in [0.29, 0.717) is 17.1 Å². The van der Waals surface area contributed by atoms with E-state index >= 15 is 0 Å². The first-order valence-corrected chi connectivity index (χ1v) is 5.10. The lowest BCUT2D eigenvalue weighted by atomic mass is 10.2. The molecule has 0 aromatic heterocycles. The molecule has 0 saturated heterocycles. The molecule has 88 valence electrons. The SMILES string of the molecule is COC(=O)CN(C)Cc1ccc(Cl)cc1F. The number of hydrogen-bond acceptors (Lipinski definition) is 3. The Morgan fingerprint density at radius 1 is 1.56 bits per heavy atom. The predicted molar refractivity (Wildman–Crippen MR) is 59.8 cm³/mol. The monoisotopic (exact) mass is 245 g/mol. The van der Waals surface area contributed by atoms with Crippen LogP contribution in [0.5, 0.6) is 0 Å². The van der Waals surface area contributed by atoms with Crippen LogP contribution in [0.25, 0.3) is 0 Å². The molecule has 0 radical (unpaired) electrons. The second kappa shape index (κ2) is 5.82. The third-order valence-electron chi connectivity index (χ3n) is 2.08. The molecule has 0 bridgehead atoms. The highest BCUT2D eigenvalue weighted by atomic mass is 35.5. The Morgan fingerprint density at radius 2 is 2.25 bits per heavy atom. The van der Waals surface area contributed by atoms with Crippen molar-refractivity contribution in [1.82, 2.24) is 4.90 Å². The van der Waals surface area contributed by atoms with Crippen molar-refractivity contribution in [3.8, 4) is 0 Å². The molecule has 0 aliphatic heterocycles. The number of carbonyl (C=O) groups is 1. The van der Waals surface area contributed by atoms with Gasteiger partial charge in [0.25, 0.3) is 0 Å². The number of methoxy groups -OCH3 is 1. The lowest BCUT2D eigenvalue weighted by molar-refractivity contribution is -0.141. The van der Waals surface area contributed by atoms with Gasteiger partial charge in [0.1, 0.15) is 5.82 Å². The van der Waals surface area contributed by atoms with Crippen LogP contribution in [0.15, 0.2) is 18.2 Å². The molecule has 0 spiro atoms. The Balaban J connectivity index is 2.62. The molecule has 0 amide bonds. The van der Waals surface area contributed by atoms with Gasteiger partial charge in [0.15, 0.2) is 0 Å². The molecule has 3 nitrogen and oxygen atoms in total. The van der Waals surface area contributed by atoms with Gasteiger partial charge in [-0.3, -0.25) is 9.69 Å². The maximum atomic E-state index is 13.4. The first kappa shape index (κ1) is 12.9. The van der Waals surface area contributed by atoms with Crippen LogP contribution >= 0.6 is 11.6 Å². The van der Waals surface area contributed by atoms with E-state index in [-0.39, 0.29) is 18.3 Å². The summed E-state index contributed by atoms with van der Waals surface area (Å²) in [6, 6.07) is 4.47. The molecular weight excluding hydrogens is 233 g/mol. The number of likely N-dealkylation sites (N-methyl/N-ethyl adjacent to an activating group) is 1. The highest BCUT2D eigenvalue weighted by molar-refractivity contribution is 6.30. The molecular formula is C11H13ClFNO2. The minimum Gasteiger partial charge on any atom is -0.468 e. The first-order chi connectivity index (χ1) is 7.52. The van der Waals surface area contributed by atoms with Crippen LogP contribution < -0.4 is 0 Å². The smallest absolute Gasteiger partial charge is 0.319 e. The molecule has 1 rings (SSSR count). The number of rotatable bonds is 4. The Hall–Kier alpha value is -1.13. The topological polar surface area (TPSA) is 29.5 Å². The van der Waals surface area contributed by atoms with E-state index < -0.39 is 0 Å². The van der Waals surface area contributed by atoms with Gasteiger partial charge in [0.05, 0.1) is 13.7 Å². The zero-order chi connectivity index (χ0) is 12.1. The third kappa shape index (κ3) is 3.79. The number of ether oxygens (including phenoxy) is 1. The number of esters is 1. The zero-order valence-electron chi connectivity index (χ0n) is 9.17. The Morgan fingerprint density at radius 3 is 2.81 bits per heavy atom. The summed E-state index contributed by atoms with van der Waals surface area (Å²) in [6.07, 6.45) is 0. The van der Waals surface area contributed by atoms with Crippen molar-refractivity contribution in [3.63, 3.8) is 0 Å². The van der Waals surface area contributed by atoms with E-state index in [1.165, 1.54) is 13.2 Å². The largest absolute Gasteiger partial charge is 0.468 e. The van der Waals surface area contributed by atoms with E-state index in [1.54, 1.807) is 24.1 Å². The summed E-state index contributed by atoms with van der Waals surface area (Å²) in [6.45, 7) is 0.455. The summed E-state index contributed by atoms with van der Waals surface area (Å²) in [5.74, 6) is -0.721. The minimum absolute atomic E-state index is 0.124. The summed E-state index contributed by atoms with van der Waals surface area (Å²) in [5.41, 5.74) is 0.496. The normalized spacial score (nSPS) is 10.6. The van der Waals surface area contributed by atoms with Crippen molar-refractivity contribution < 1.29 is 13.9 Å². The van der Waals surface area contributed by atoms with E-state index in [0.717, 1.165) is 0 Å². The van der Waals surface area contributed by atoms with Gasteiger partial charge in [0.2, 0.25) is 0 Å². The highest BCUT2D eigenvalue weighted by Gasteiger charge is 2.09. The fourth-order valence-electron chi connectivity index (χ4n) is 1.28. The van der Waals surface area contributed by atoms with Gasteiger partial charge < -0.3 is 4.74 Å². The average Bonchev–Trinajstić information content (AvgIpc) is 2.22. The number of hydrogen-bond donors (Lipinski definition) is 0. The second-order valence-electron chi connectivity index (χ2n) is 3.48. The summed E-state index contributed by atoms with van der Waals surface area (Å²) in [7, 11) is 3.03. The molecule has 16 heavy (non-hydrogen) atoms. The van der Waals surface area contributed by atoms with E-state index in [4.69, 9.17) is 11.6 Å². The molecule has 1 aromatic rings. The standard InChI is InChI=1S/C11H13ClFNO2/c1-14(7-11(15)16-2)6-8-3-4-9(12)5-10(8)13/h3-5H,6-7H2,1-2H3. The second-order valence-corrected chi connectivity index (χ2v) is 3.92. The van der Waals surface area contributed by atoms with E-state index in [1.807, 2.05) is 0 Å².